The minimum Gasteiger partial charge on any atom is -0.508 e. The first-order valence-electron chi connectivity index (χ1n) is 5.48. The van der Waals surface area contributed by atoms with Gasteiger partial charge in [0.15, 0.2) is 0 Å². The van der Waals surface area contributed by atoms with Gasteiger partial charge in [-0.1, -0.05) is 12.1 Å². The predicted molar refractivity (Wildman–Crippen MR) is 64.8 cm³/mol. The predicted octanol–water partition coefficient (Wildman–Crippen LogP) is 2.60. The van der Waals surface area contributed by atoms with Crippen molar-refractivity contribution in [3.05, 3.63) is 59.4 Å². The monoisotopic (exact) mass is 248 g/mol. The zero-order valence-corrected chi connectivity index (χ0v) is 9.64. The van der Waals surface area contributed by atoms with E-state index in [0.29, 0.717) is 11.3 Å². The Morgan fingerprint density at radius 3 is 2.39 bits per heavy atom. The Labute approximate surface area is 104 Å². The van der Waals surface area contributed by atoms with Gasteiger partial charge in [0.25, 0.3) is 0 Å². The van der Waals surface area contributed by atoms with E-state index in [-0.39, 0.29) is 19.0 Å². The van der Waals surface area contributed by atoms with Crippen LogP contribution in [0.4, 0.5) is 4.39 Å². The van der Waals surface area contributed by atoms with Crippen molar-refractivity contribution in [2.75, 3.05) is 0 Å². The van der Waals surface area contributed by atoms with Crippen LogP contribution in [0.3, 0.4) is 0 Å². The highest BCUT2D eigenvalue weighted by Crippen LogP contribution is 2.18. The molecule has 0 amide bonds. The van der Waals surface area contributed by atoms with E-state index in [1.807, 2.05) is 0 Å². The van der Waals surface area contributed by atoms with E-state index in [9.17, 15) is 4.39 Å². The van der Waals surface area contributed by atoms with Crippen LogP contribution in [0.15, 0.2) is 42.5 Å². The normalized spacial score (nSPS) is 10.3. The van der Waals surface area contributed by atoms with Crippen molar-refractivity contribution in [1.82, 2.24) is 0 Å². The molecule has 2 aromatic rings. The van der Waals surface area contributed by atoms with Crippen LogP contribution in [0, 0.1) is 5.82 Å². The number of ether oxygens (including phenoxy) is 1. The number of phenols is 1. The zero-order valence-electron chi connectivity index (χ0n) is 9.64. The van der Waals surface area contributed by atoms with Crippen LogP contribution in [0.5, 0.6) is 11.5 Å². The average Bonchev–Trinajstić information content (AvgIpc) is 2.37. The SMILES string of the molecule is OCc1cc(F)cc(OCc2ccc(O)cc2)c1. The van der Waals surface area contributed by atoms with E-state index in [4.69, 9.17) is 14.9 Å². The van der Waals surface area contributed by atoms with Crippen molar-refractivity contribution in [2.24, 2.45) is 0 Å². The van der Waals surface area contributed by atoms with Crippen LogP contribution in [0.1, 0.15) is 11.1 Å². The minimum absolute atomic E-state index is 0.187. The third-order valence-corrected chi connectivity index (χ3v) is 2.46. The molecule has 18 heavy (non-hydrogen) atoms. The van der Waals surface area contributed by atoms with Crippen LogP contribution < -0.4 is 4.74 Å². The smallest absolute Gasteiger partial charge is 0.127 e. The van der Waals surface area contributed by atoms with Crippen LogP contribution in [-0.4, -0.2) is 10.2 Å². The van der Waals surface area contributed by atoms with Crippen molar-refractivity contribution in [2.45, 2.75) is 13.2 Å². The fourth-order valence-electron chi connectivity index (χ4n) is 1.55. The van der Waals surface area contributed by atoms with Gasteiger partial charge in [0.2, 0.25) is 0 Å². The van der Waals surface area contributed by atoms with E-state index in [1.165, 1.54) is 12.1 Å². The van der Waals surface area contributed by atoms with E-state index in [0.717, 1.165) is 5.56 Å². The molecule has 0 aromatic heterocycles. The highest BCUT2D eigenvalue weighted by atomic mass is 19.1. The van der Waals surface area contributed by atoms with E-state index >= 15 is 0 Å². The molecule has 0 fully saturated rings. The van der Waals surface area contributed by atoms with Crippen LogP contribution in [0.25, 0.3) is 0 Å². The Morgan fingerprint density at radius 2 is 1.72 bits per heavy atom. The number of benzene rings is 2. The van der Waals surface area contributed by atoms with Crippen LogP contribution in [0.2, 0.25) is 0 Å². The first kappa shape index (κ1) is 12.4. The molecule has 2 aromatic carbocycles. The van der Waals surface area contributed by atoms with Crippen LogP contribution >= 0.6 is 0 Å². The second kappa shape index (κ2) is 5.51. The maximum absolute atomic E-state index is 13.2. The molecule has 0 bridgehead atoms. The second-order valence-electron chi connectivity index (χ2n) is 3.91. The molecule has 2 rings (SSSR count). The molecule has 0 aliphatic rings. The maximum atomic E-state index is 13.2. The molecule has 0 unspecified atom stereocenters. The van der Waals surface area contributed by atoms with Gasteiger partial charge in [0, 0.05) is 6.07 Å². The van der Waals surface area contributed by atoms with Gasteiger partial charge in [-0.2, -0.15) is 0 Å². The molecule has 3 nitrogen and oxygen atoms in total. The van der Waals surface area contributed by atoms with Gasteiger partial charge in [-0.15, -0.1) is 0 Å². The van der Waals surface area contributed by atoms with Crippen molar-refractivity contribution in [3.8, 4) is 11.5 Å². The summed E-state index contributed by atoms with van der Waals surface area (Å²) in [6, 6.07) is 10.7. The molecular formula is C14H13FO3. The van der Waals surface area contributed by atoms with Gasteiger partial charge >= 0.3 is 0 Å². The van der Waals surface area contributed by atoms with E-state index < -0.39 is 5.82 Å². The van der Waals surface area contributed by atoms with Crippen molar-refractivity contribution in [1.29, 1.82) is 0 Å². The first-order valence-corrected chi connectivity index (χ1v) is 5.48. The molecule has 0 atom stereocenters. The molecule has 4 heteroatoms. The number of hydrogen-bond donors (Lipinski definition) is 2. The topological polar surface area (TPSA) is 49.7 Å². The summed E-state index contributed by atoms with van der Waals surface area (Å²) in [5, 5.41) is 18.1. The number of halogens is 1. The Balaban J connectivity index is 2.05. The molecule has 2 N–H and O–H groups in total. The third-order valence-electron chi connectivity index (χ3n) is 2.46. The Hall–Kier alpha value is -2.07. The Kier molecular flexibility index (Phi) is 3.79. The van der Waals surface area contributed by atoms with Gasteiger partial charge in [0.05, 0.1) is 6.61 Å². The molecule has 0 aliphatic carbocycles. The van der Waals surface area contributed by atoms with Gasteiger partial charge in [-0.05, 0) is 35.4 Å². The molecule has 0 saturated carbocycles. The summed E-state index contributed by atoms with van der Waals surface area (Å²) in [6.45, 7) is 0.0436. The molecule has 0 radical (unpaired) electrons. The number of aliphatic hydroxyl groups is 1. The van der Waals surface area contributed by atoms with Crippen molar-refractivity contribution < 1.29 is 19.3 Å². The lowest BCUT2D eigenvalue weighted by Gasteiger charge is -2.08. The third kappa shape index (κ3) is 3.21. The summed E-state index contributed by atoms with van der Waals surface area (Å²) in [5.74, 6) is 0.112. The number of hydrogen-bond acceptors (Lipinski definition) is 3. The summed E-state index contributed by atoms with van der Waals surface area (Å²) in [7, 11) is 0. The van der Waals surface area contributed by atoms with Gasteiger partial charge in [0.1, 0.15) is 23.9 Å². The van der Waals surface area contributed by atoms with Crippen molar-refractivity contribution in [3.63, 3.8) is 0 Å². The summed E-state index contributed by atoms with van der Waals surface area (Å²) >= 11 is 0. The lowest BCUT2D eigenvalue weighted by atomic mass is 10.2. The zero-order chi connectivity index (χ0) is 13.0. The number of aromatic hydroxyl groups is 1. The molecule has 0 heterocycles. The maximum Gasteiger partial charge on any atom is 0.127 e. The van der Waals surface area contributed by atoms with Gasteiger partial charge in [-0.3, -0.25) is 0 Å². The number of rotatable bonds is 4. The number of phenolic OH excluding ortho intramolecular Hbond substituents is 1. The summed E-state index contributed by atoms with van der Waals surface area (Å²) < 4.78 is 18.6. The Morgan fingerprint density at radius 1 is 1.00 bits per heavy atom. The fourth-order valence-corrected chi connectivity index (χ4v) is 1.55. The highest BCUT2D eigenvalue weighted by molar-refractivity contribution is 5.30. The highest BCUT2D eigenvalue weighted by Gasteiger charge is 2.02. The second-order valence-corrected chi connectivity index (χ2v) is 3.91. The average molecular weight is 248 g/mol. The molecular weight excluding hydrogens is 235 g/mol. The van der Waals surface area contributed by atoms with E-state index in [1.54, 1.807) is 30.3 Å². The largest absolute Gasteiger partial charge is 0.508 e. The summed E-state index contributed by atoms with van der Waals surface area (Å²) in [6.07, 6.45) is 0. The Bertz CT molecular complexity index is 523. The quantitative estimate of drug-likeness (QED) is 0.874. The lowest BCUT2D eigenvalue weighted by molar-refractivity contribution is 0.276. The van der Waals surface area contributed by atoms with Crippen LogP contribution in [-0.2, 0) is 13.2 Å². The van der Waals surface area contributed by atoms with Gasteiger partial charge < -0.3 is 14.9 Å². The molecule has 94 valence electrons. The summed E-state index contributed by atoms with van der Waals surface area (Å²) in [5.41, 5.74) is 1.33. The summed E-state index contributed by atoms with van der Waals surface area (Å²) in [4.78, 5) is 0. The molecule has 0 aliphatic heterocycles. The minimum atomic E-state index is -0.442. The first-order chi connectivity index (χ1) is 8.67. The number of aliphatic hydroxyl groups excluding tert-OH is 1. The van der Waals surface area contributed by atoms with Gasteiger partial charge in [-0.25, -0.2) is 4.39 Å². The van der Waals surface area contributed by atoms with Crippen molar-refractivity contribution >= 4 is 0 Å². The fraction of sp³-hybridized carbons (Fsp3) is 0.143. The lowest BCUT2D eigenvalue weighted by Crippen LogP contribution is -1.97. The standard InChI is InChI=1S/C14H13FO3/c15-12-5-11(8-16)6-14(7-12)18-9-10-1-3-13(17)4-2-10/h1-7,16-17H,8-9H2. The molecule has 0 spiro atoms. The molecule has 0 saturated heterocycles. The van der Waals surface area contributed by atoms with E-state index in [2.05, 4.69) is 0 Å².